The molecule has 2 rings (SSSR count). The summed E-state index contributed by atoms with van der Waals surface area (Å²) in [5, 5.41) is 13.0. The molecule has 1 amide bonds. The molecule has 1 unspecified atom stereocenters. The van der Waals surface area contributed by atoms with Crippen molar-refractivity contribution >= 4 is 5.91 Å². The minimum atomic E-state index is -0.677. The zero-order valence-corrected chi connectivity index (χ0v) is 12.8. The molecule has 1 aromatic rings. The van der Waals surface area contributed by atoms with Crippen molar-refractivity contribution in [3.63, 3.8) is 0 Å². The largest absolute Gasteiger partial charge is 0.491 e. The number of ether oxygens (including phenoxy) is 1. The first-order valence-corrected chi connectivity index (χ1v) is 7.78. The Morgan fingerprint density at radius 3 is 2.48 bits per heavy atom. The van der Waals surface area contributed by atoms with E-state index in [1.54, 1.807) is 0 Å². The highest BCUT2D eigenvalue weighted by molar-refractivity contribution is 5.78. The van der Waals surface area contributed by atoms with Gasteiger partial charge in [0.15, 0.2) is 0 Å². The molecule has 0 radical (unpaired) electrons. The number of aliphatic hydroxyl groups excluding tert-OH is 1. The van der Waals surface area contributed by atoms with E-state index in [-0.39, 0.29) is 24.5 Å². The Bertz CT molecular complexity index is 450. The van der Waals surface area contributed by atoms with Crippen molar-refractivity contribution in [1.29, 1.82) is 0 Å². The molecule has 0 saturated heterocycles. The van der Waals surface area contributed by atoms with Gasteiger partial charge in [-0.25, -0.2) is 0 Å². The molecule has 1 fully saturated rings. The molecule has 1 aromatic carbocycles. The Labute approximate surface area is 126 Å². The summed E-state index contributed by atoms with van der Waals surface area (Å²) in [7, 11) is 0. The number of rotatable bonds is 6. The molecule has 21 heavy (non-hydrogen) atoms. The summed E-state index contributed by atoms with van der Waals surface area (Å²) in [4.78, 5) is 11.9. The van der Waals surface area contributed by atoms with Gasteiger partial charge in [0, 0.05) is 12.5 Å². The number of benzene rings is 1. The maximum atomic E-state index is 11.9. The van der Waals surface area contributed by atoms with E-state index in [0.29, 0.717) is 0 Å². The fraction of sp³-hybridized carbons (Fsp3) is 0.588. The fourth-order valence-corrected chi connectivity index (χ4v) is 2.69. The van der Waals surface area contributed by atoms with Crippen LogP contribution in [-0.4, -0.2) is 23.7 Å². The first-order chi connectivity index (χ1) is 10.1. The molecule has 0 bridgehead atoms. The summed E-state index contributed by atoms with van der Waals surface area (Å²) in [6.45, 7) is 4.21. The van der Waals surface area contributed by atoms with Crippen molar-refractivity contribution in [2.24, 2.45) is 5.92 Å². The Kier molecular flexibility index (Phi) is 5.62. The summed E-state index contributed by atoms with van der Waals surface area (Å²) >= 11 is 0. The minimum Gasteiger partial charge on any atom is -0.491 e. The molecule has 2 N–H and O–H groups in total. The monoisotopic (exact) mass is 291 g/mol. The summed E-state index contributed by atoms with van der Waals surface area (Å²) in [6, 6.07) is 7.36. The molecular weight excluding hydrogens is 266 g/mol. The van der Waals surface area contributed by atoms with Crippen LogP contribution in [0.2, 0.25) is 0 Å². The number of hydrogen-bond acceptors (Lipinski definition) is 3. The van der Waals surface area contributed by atoms with Gasteiger partial charge in [0.05, 0.1) is 12.2 Å². The van der Waals surface area contributed by atoms with E-state index in [9.17, 15) is 9.90 Å². The van der Waals surface area contributed by atoms with Crippen LogP contribution in [0.4, 0.5) is 0 Å². The van der Waals surface area contributed by atoms with Gasteiger partial charge in [-0.3, -0.25) is 4.79 Å². The van der Waals surface area contributed by atoms with Crippen LogP contribution in [0.1, 0.15) is 51.2 Å². The summed E-state index contributed by atoms with van der Waals surface area (Å²) in [5.74, 6) is 1.00. The van der Waals surface area contributed by atoms with Crippen molar-refractivity contribution in [2.75, 3.05) is 6.54 Å². The van der Waals surface area contributed by atoms with Crippen molar-refractivity contribution in [3.05, 3.63) is 29.8 Å². The highest BCUT2D eigenvalue weighted by atomic mass is 16.5. The molecular formula is C17H25NO3. The molecule has 0 aliphatic heterocycles. The zero-order valence-electron chi connectivity index (χ0n) is 12.8. The van der Waals surface area contributed by atoms with Gasteiger partial charge in [0.1, 0.15) is 5.75 Å². The van der Waals surface area contributed by atoms with Crippen LogP contribution in [0.15, 0.2) is 24.3 Å². The lowest BCUT2D eigenvalue weighted by molar-refractivity contribution is -0.125. The maximum absolute atomic E-state index is 11.9. The van der Waals surface area contributed by atoms with E-state index in [4.69, 9.17) is 4.74 Å². The van der Waals surface area contributed by atoms with E-state index < -0.39 is 6.10 Å². The van der Waals surface area contributed by atoms with E-state index in [1.165, 1.54) is 0 Å². The number of hydrogen-bond donors (Lipinski definition) is 2. The summed E-state index contributed by atoms with van der Waals surface area (Å²) in [6.07, 6.45) is 3.68. The number of carbonyl (C=O) groups excluding carboxylic acids is 1. The van der Waals surface area contributed by atoms with Crippen LogP contribution in [-0.2, 0) is 4.79 Å². The van der Waals surface area contributed by atoms with Crippen LogP contribution in [0.3, 0.4) is 0 Å². The third kappa shape index (κ3) is 4.74. The topological polar surface area (TPSA) is 58.6 Å². The molecule has 0 aromatic heterocycles. The number of aliphatic hydroxyl groups is 1. The lowest BCUT2D eigenvalue weighted by Crippen LogP contribution is -2.32. The van der Waals surface area contributed by atoms with Gasteiger partial charge in [-0.15, -0.1) is 0 Å². The highest BCUT2D eigenvalue weighted by Crippen LogP contribution is 2.25. The maximum Gasteiger partial charge on any atom is 0.223 e. The first-order valence-electron chi connectivity index (χ1n) is 7.78. The van der Waals surface area contributed by atoms with Crippen LogP contribution in [0.25, 0.3) is 0 Å². The zero-order chi connectivity index (χ0) is 15.2. The van der Waals surface area contributed by atoms with Crippen LogP contribution < -0.4 is 10.1 Å². The second-order valence-corrected chi connectivity index (χ2v) is 5.98. The standard InChI is InChI=1S/C17H25NO3/c1-12(2)21-15-9-7-13(8-10-15)16(19)11-18-17(20)14-5-3-4-6-14/h7-10,12,14,16,19H,3-6,11H2,1-2H3,(H,18,20). The van der Waals surface area contributed by atoms with Crippen LogP contribution in [0, 0.1) is 5.92 Å². The van der Waals surface area contributed by atoms with E-state index in [2.05, 4.69) is 5.32 Å². The van der Waals surface area contributed by atoms with Crippen molar-refractivity contribution in [1.82, 2.24) is 5.32 Å². The SMILES string of the molecule is CC(C)Oc1ccc(C(O)CNC(=O)C2CCCC2)cc1. The van der Waals surface area contributed by atoms with E-state index in [1.807, 2.05) is 38.1 Å². The van der Waals surface area contributed by atoms with Crippen molar-refractivity contribution in [2.45, 2.75) is 51.7 Å². The normalized spacial score (nSPS) is 17.0. The molecule has 1 saturated carbocycles. The lowest BCUT2D eigenvalue weighted by atomic mass is 10.1. The third-order valence-electron chi connectivity index (χ3n) is 3.83. The molecule has 116 valence electrons. The fourth-order valence-electron chi connectivity index (χ4n) is 2.69. The average Bonchev–Trinajstić information content (AvgIpc) is 2.99. The van der Waals surface area contributed by atoms with E-state index in [0.717, 1.165) is 37.0 Å². The van der Waals surface area contributed by atoms with Gasteiger partial charge < -0.3 is 15.2 Å². The molecule has 1 aliphatic carbocycles. The second-order valence-electron chi connectivity index (χ2n) is 5.98. The number of carbonyl (C=O) groups is 1. The smallest absolute Gasteiger partial charge is 0.223 e. The second kappa shape index (κ2) is 7.46. The molecule has 0 heterocycles. The number of amides is 1. The first kappa shape index (κ1) is 15.8. The predicted octanol–water partition coefficient (Wildman–Crippen LogP) is 2.81. The van der Waals surface area contributed by atoms with Crippen molar-refractivity contribution in [3.8, 4) is 5.75 Å². The van der Waals surface area contributed by atoms with Gasteiger partial charge in [-0.1, -0.05) is 25.0 Å². The molecule has 0 spiro atoms. The quantitative estimate of drug-likeness (QED) is 0.847. The predicted molar refractivity (Wildman–Crippen MR) is 82.1 cm³/mol. The Balaban J connectivity index is 1.82. The molecule has 1 aliphatic rings. The molecule has 4 nitrogen and oxygen atoms in total. The van der Waals surface area contributed by atoms with Gasteiger partial charge in [-0.2, -0.15) is 0 Å². The summed E-state index contributed by atoms with van der Waals surface area (Å²) in [5.41, 5.74) is 0.790. The van der Waals surface area contributed by atoms with Gasteiger partial charge in [-0.05, 0) is 44.4 Å². The van der Waals surface area contributed by atoms with E-state index >= 15 is 0 Å². The van der Waals surface area contributed by atoms with Crippen LogP contribution in [0.5, 0.6) is 5.75 Å². The van der Waals surface area contributed by atoms with Gasteiger partial charge >= 0.3 is 0 Å². The Hall–Kier alpha value is -1.55. The average molecular weight is 291 g/mol. The third-order valence-corrected chi connectivity index (χ3v) is 3.83. The van der Waals surface area contributed by atoms with Gasteiger partial charge in [0.2, 0.25) is 5.91 Å². The molecule has 4 heteroatoms. The lowest BCUT2D eigenvalue weighted by Gasteiger charge is -2.16. The Morgan fingerprint density at radius 1 is 1.29 bits per heavy atom. The van der Waals surface area contributed by atoms with Crippen molar-refractivity contribution < 1.29 is 14.6 Å². The molecule has 1 atom stereocenters. The summed E-state index contributed by atoms with van der Waals surface area (Å²) < 4.78 is 5.56. The highest BCUT2D eigenvalue weighted by Gasteiger charge is 2.22. The van der Waals surface area contributed by atoms with Crippen LogP contribution >= 0.6 is 0 Å². The van der Waals surface area contributed by atoms with Gasteiger partial charge in [0.25, 0.3) is 0 Å². The number of nitrogens with one attached hydrogen (secondary N) is 1. The minimum absolute atomic E-state index is 0.0753. The Morgan fingerprint density at radius 2 is 1.90 bits per heavy atom.